The summed E-state index contributed by atoms with van der Waals surface area (Å²) in [7, 11) is 1.50. The Morgan fingerprint density at radius 3 is 2.89 bits per heavy atom. The monoisotopic (exact) mass is 358 g/mol. The highest BCUT2D eigenvalue weighted by Gasteiger charge is 2.18. The number of benzene rings is 1. The number of rotatable bonds is 4. The first-order valence-corrected chi connectivity index (χ1v) is 8.03. The van der Waals surface area contributed by atoms with Crippen LogP contribution in [0.4, 0.5) is 0 Å². The van der Waals surface area contributed by atoms with Gasteiger partial charge in [0.15, 0.2) is 11.6 Å². The van der Waals surface area contributed by atoms with Crippen LogP contribution in [0.3, 0.4) is 0 Å². The summed E-state index contributed by atoms with van der Waals surface area (Å²) < 4.78 is 7.00. The third-order valence-corrected chi connectivity index (χ3v) is 4.22. The molecule has 0 aliphatic rings. The van der Waals surface area contributed by atoms with Gasteiger partial charge in [0.1, 0.15) is 22.9 Å². The van der Waals surface area contributed by atoms with E-state index in [0.29, 0.717) is 45.2 Å². The van der Waals surface area contributed by atoms with E-state index in [0.717, 1.165) is 0 Å². The highest BCUT2D eigenvalue weighted by molar-refractivity contribution is 6.04. The number of pyridine rings is 1. The number of amides is 1. The van der Waals surface area contributed by atoms with Crippen LogP contribution in [0.2, 0.25) is 0 Å². The van der Waals surface area contributed by atoms with Gasteiger partial charge in [-0.2, -0.15) is 5.26 Å². The Morgan fingerprint density at radius 2 is 2.15 bits per heavy atom. The van der Waals surface area contributed by atoms with Crippen LogP contribution >= 0.6 is 0 Å². The minimum absolute atomic E-state index is 0.311. The lowest BCUT2D eigenvalue weighted by atomic mass is 10.2. The van der Waals surface area contributed by atoms with E-state index in [-0.39, 0.29) is 0 Å². The molecule has 0 unspecified atom stereocenters. The number of aromatic amines is 1. The van der Waals surface area contributed by atoms with Crippen molar-refractivity contribution in [2.75, 3.05) is 7.11 Å². The SMILES string of the molecule is COc1ccnc(-n2cccc2-c2nc3c(C(N)=O)cccc3[nH]2)c1C#N. The van der Waals surface area contributed by atoms with E-state index < -0.39 is 5.91 Å². The summed E-state index contributed by atoms with van der Waals surface area (Å²) in [6, 6.07) is 12.6. The zero-order valence-electron chi connectivity index (χ0n) is 14.3. The van der Waals surface area contributed by atoms with Crippen LogP contribution < -0.4 is 10.5 Å². The molecule has 132 valence electrons. The van der Waals surface area contributed by atoms with E-state index in [1.54, 1.807) is 35.2 Å². The Bertz CT molecular complexity index is 1210. The first-order valence-electron chi connectivity index (χ1n) is 8.03. The average molecular weight is 358 g/mol. The number of nitrogens with one attached hydrogen (secondary N) is 1. The number of aromatic nitrogens is 4. The number of H-pyrrole nitrogens is 1. The van der Waals surface area contributed by atoms with Gasteiger partial charge in [-0.25, -0.2) is 9.97 Å². The summed E-state index contributed by atoms with van der Waals surface area (Å²) >= 11 is 0. The zero-order chi connectivity index (χ0) is 19.0. The summed E-state index contributed by atoms with van der Waals surface area (Å²) in [5.74, 6) is 0.836. The van der Waals surface area contributed by atoms with Crippen molar-refractivity contribution in [3.8, 4) is 29.2 Å². The molecule has 0 bridgehead atoms. The van der Waals surface area contributed by atoms with Crippen molar-refractivity contribution in [3.63, 3.8) is 0 Å². The molecular formula is C19H14N6O2. The smallest absolute Gasteiger partial charge is 0.250 e. The van der Waals surface area contributed by atoms with Crippen LogP contribution in [-0.4, -0.2) is 32.5 Å². The lowest BCUT2D eigenvalue weighted by molar-refractivity contribution is 0.100. The molecule has 3 aromatic heterocycles. The summed E-state index contributed by atoms with van der Waals surface area (Å²) in [6.07, 6.45) is 3.35. The van der Waals surface area contributed by atoms with Gasteiger partial charge in [-0.15, -0.1) is 0 Å². The highest BCUT2D eigenvalue weighted by atomic mass is 16.5. The summed E-state index contributed by atoms with van der Waals surface area (Å²) in [5.41, 5.74) is 7.95. The standard InChI is InChI=1S/C19H14N6O2/c1-27-15-7-8-22-19(12(15)10-20)25-9-3-6-14(25)18-23-13-5-2-4-11(17(21)26)16(13)24-18/h2-9H,1H3,(H2,21,26)(H,23,24). The van der Waals surface area contributed by atoms with Crippen LogP contribution in [-0.2, 0) is 0 Å². The summed E-state index contributed by atoms with van der Waals surface area (Å²) in [6.45, 7) is 0. The summed E-state index contributed by atoms with van der Waals surface area (Å²) in [4.78, 5) is 23.7. The largest absolute Gasteiger partial charge is 0.495 e. The van der Waals surface area contributed by atoms with Crippen molar-refractivity contribution in [3.05, 3.63) is 59.9 Å². The van der Waals surface area contributed by atoms with E-state index in [1.807, 2.05) is 18.2 Å². The number of fused-ring (bicyclic) bond motifs is 1. The van der Waals surface area contributed by atoms with Gasteiger partial charge < -0.3 is 15.5 Å². The number of nitrogens with two attached hydrogens (primary N) is 1. The molecule has 1 aromatic carbocycles. The Morgan fingerprint density at radius 1 is 1.30 bits per heavy atom. The molecule has 4 aromatic rings. The Hall–Kier alpha value is -4.12. The molecule has 1 amide bonds. The number of primary amides is 1. The normalized spacial score (nSPS) is 10.7. The molecule has 3 N–H and O–H groups in total. The van der Waals surface area contributed by atoms with Gasteiger partial charge in [0.25, 0.3) is 5.91 Å². The number of nitrogens with zero attached hydrogens (tertiary/aromatic N) is 4. The molecule has 4 rings (SSSR count). The zero-order valence-corrected chi connectivity index (χ0v) is 14.3. The number of ether oxygens (including phenoxy) is 1. The molecule has 0 saturated carbocycles. The predicted molar refractivity (Wildman–Crippen MR) is 98.4 cm³/mol. The Labute approximate surface area is 153 Å². The van der Waals surface area contributed by atoms with E-state index in [1.165, 1.54) is 7.11 Å². The maximum atomic E-state index is 11.7. The van der Waals surface area contributed by atoms with Gasteiger partial charge in [-0.05, 0) is 30.3 Å². The first-order chi connectivity index (χ1) is 13.1. The fraction of sp³-hybridized carbons (Fsp3) is 0.0526. The van der Waals surface area contributed by atoms with Gasteiger partial charge in [-0.1, -0.05) is 6.07 Å². The molecule has 3 heterocycles. The molecule has 0 fully saturated rings. The second-order valence-corrected chi connectivity index (χ2v) is 5.74. The Kier molecular flexibility index (Phi) is 3.82. The fourth-order valence-electron chi connectivity index (χ4n) is 3.00. The molecule has 0 spiro atoms. The van der Waals surface area contributed by atoms with E-state index in [9.17, 15) is 10.1 Å². The third kappa shape index (κ3) is 2.58. The Balaban J connectivity index is 1.92. The number of hydrogen-bond donors (Lipinski definition) is 2. The van der Waals surface area contributed by atoms with Crippen molar-refractivity contribution in [1.29, 1.82) is 5.26 Å². The van der Waals surface area contributed by atoms with Crippen molar-refractivity contribution in [2.45, 2.75) is 0 Å². The maximum Gasteiger partial charge on any atom is 0.250 e. The van der Waals surface area contributed by atoms with Gasteiger partial charge >= 0.3 is 0 Å². The predicted octanol–water partition coefficient (Wildman–Crippen LogP) is 2.39. The average Bonchev–Trinajstić information content (AvgIpc) is 3.33. The maximum absolute atomic E-state index is 11.7. The van der Waals surface area contributed by atoms with Crippen molar-refractivity contribution < 1.29 is 9.53 Å². The third-order valence-electron chi connectivity index (χ3n) is 4.22. The molecule has 8 nitrogen and oxygen atoms in total. The molecule has 0 radical (unpaired) electrons. The quantitative estimate of drug-likeness (QED) is 0.580. The van der Waals surface area contributed by atoms with Gasteiger partial charge in [0.2, 0.25) is 0 Å². The van der Waals surface area contributed by atoms with Crippen LogP contribution in [0.1, 0.15) is 15.9 Å². The van der Waals surface area contributed by atoms with Gasteiger partial charge in [0, 0.05) is 12.4 Å². The topological polar surface area (TPSA) is 123 Å². The van der Waals surface area contributed by atoms with Crippen molar-refractivity contribution in [1.82, 2.24) is 19.5 Å². The number of nitriles is 1. The molecule has 0 saturated heterocycles. The first kappa shape index (κ1) is 16.4. The second-order valence-electron chi connectivity index (χ2n) is 5.74. The minimum Gasteiger partial charge on any atom is -0.495 e. The number of hydrogen-bond acceptors (Lipinski definition) is 5. The van der Waals surface area contributed by atoms with Gasteiger partial charge in [0.05, 0.1) is 23.9 Å². The number of carbonyl (C=O) groups is 1. The number of methoxy groups -OCH3 is 1. The highest BCUT2D eigenvalue weighted by Crippen LogP contribution is 2.28. The molecular weight excluding hydrogens is 344 g/mol. The molecule has 8 heteroatoms. The van der Waals surface area contributed by atoms with Crippen molar-refractivity contribution >= 4 is 16.9 Å². The minimum atomic E-state index is -0.546. The van der Waals surface area contributed by atoms with Crippen LogP contribution in [0, 0.1) is 11.3 Å². The fourth-order valence-corrected chi connectivity index (χ4v) is 3.00. The number of para-hydroxylation sites is 1. The number of imidazole rings is 1. The van der Waals surface area contributed by atoms with Gasteiger partial charge in [-0.3, -0.25) is 9.36 Å². The lowest BCUT2D eigenvalue weighted by Gasteiger charge is -2.10. The number of carbonyl (C=O) groups excluding carboxylic acids is 1. The van der Waals surface area contributed by atoms with Crippen LogP contribution in [0.5, 0.6) is 5.75 Å². The molecule has 0 aliphatic heterocycles. The lowest BCUT2D eigenvalue weighted by Crippen LogP contribution is -2.11. The molecule has 27 heavy (non-hydrogen) atoms. The molecule has 0 aliphatic carbocycles. The van der Waals surface area contributed by atoms with Crippen LogP contribution in [0.25, 0.3) is 28.4 Å². The van der Waals surface area contributed by atoms with Crippen LogP contribution in [0.15, 0.2) is 48.8 Å². The molecule has 0 atom stereocenters. The van der Waals surface area contributed by atoms with Crippen molar-refractivity contribution in [2.24, 2.45) is 5.73 Å². The van der Waals surface area contributed by atoms with E-state index in [4.69, 9.17) is 10.5 Å². The van der Waals surface area contributed by atoms with E-state index >= 15 is 0 Å². The second kappa shape index (κ2) is 6.31. The summed E-state index contributed by atoms with van der Waals surface area (Å²) in [5, 5.41) is 9.54. The van der Waals surface area contributed by atoms with E-state index in [2.05, 4.69) is 21.0 Å².